The minimum atomic E-state index is -1.75. The number of hydrogen-bond donors (Lipinski definition) is 8. The molecule has 0 aliphatic heterocycles. The van der Waals surface area contributed by atoms with Crippen molar-refractivity contribution in [2.24, 2.45) is 0 Å². The van der Waals surface area contributed by atoms with Gasteiger partial charge in [-0.25, -0.2) is 0 Å². The van der Waals surface area contributed by atoms with Gasteiger partial charge in [-0.3, -0.25) is 58.0 Å². The van der Waals surface area contributed by atoms with Crippen LogP contribution in [0.2, 0.25) is 0 Å². The first-order valence-electron chi connectivity index (χ1n) is 12.1. The third-order valence-electron chi connectivity index (χ3n) is 4.34. The van der Waals surface area contributed by atoms with Gasteiger partial charge in [0.05, 0.1) is 62.5 Å². The zero-order valence-electron chi connectivity index (χ0n) is 25.2. The summed E-state index contributed by atoms with van der Waals surface area (Å²) >= 11 is 0. The molecule has 0 aliphatic carbocycles. The van der Waals surface area contributed by atoms with Crippen molar-refractivity contribution in [2.45, 2.75) is 0 Å². The van der Waals surface area contributed by atoms with Gasteiger partial charge < -0.3 is 71.5 Å². The van der Waals surface area contributed by atoms with E-state index < -0.39 is 110 Å². The maximum Gasteiger partial charge on any atom is 2.00 e. The number of aliphatic carboxylic acids is 8. The molecule has 28 nitrogen and oxygen atoms in total. The standard InChI is InChI=1S/2C10H16N2O8.Ca.2NO3/c2*13-7(14)3-11(4-8(15)16)1-2-12(5-9(17)18)6-10(19)20;;2*2-1(3)4/h2*1-6H2,(H,13,14)(H,15,16)(H,17,18)(H,19,20);;;/q;;+2;2*-1. The van der Waals surface area contributed by atoms with Gasteiger partial charge in [0, 0.05) is 26.2 Å². The van der Waals surface area contributed by atoms with Crippen LogP contribution in [-0.2, 0) is 38.4 Å². The first-order valence-corrected chi connectivity index (χ1v) is 12.1. The largest absolute Gasteiger partial charge is 2.00 e. The van der Waals surface area contributed by atoms with E-state index in [9.17, 15) is 38.4 Å². The summed E-state index contributed by atoms with van der Waals surface area (Å²) in [5.74, 6) is -9.82. The minimum Gasteiger partial charge on any atom is -0.480 e. The monoisotopic (exact) mass is 748 g/mol. The molecule has 0 aromatic rings. The molecule has 29 heteroatoms. The molecule has 0 saturated heterocycles. The van der Waals surface area contributed by atoms with Crippen LogP contribution in [0.25, 0.3) is 0 Å². The third kappa shape index (κ3) is 53.0. The van der Waals surface area contributed by atoms with Crippen LogP contribution >= 0.6 is 0 Å². The summed E-state index contributed by atoms with van der Waals surface area (Å²) in [5.41, 5.74) is 0. The van der Waals surface area contributed by atoms with Gasteiger partial charge in [-0.05, 0) is 0 Å². The molecule has 0 fully saturated rings. The number of rotatable bonds is 22. The molecule has 0 aliphatic rings. The Kier molecular flexibility index (Phi) is 34.9. The molecule has 0 bridgehead atoms. The molecule has 0 atom stereocenters. The van der Waals surface area contributed by atoms with E-state index in [4.69, 9.17) is 71.5 Å². The minimum absolute atomic E-state index is 0. The molecule has 0 spiro atoms. The Balaban J connectivity index is -0.000000212. The fourth-order valence-corrected chi connectivity index (χ4v) is 2.95. The van der Waals surface area contributed by atoms with Gasteiger partial charge in [-0.15, -0.1) is 0 Å². The van der Waals surface area contributed by atoms with Gasteiger partial charge in [0.2, 0.25) is 0 Å². The zero-order valence-corrected chi connectivity index (χ0v) is 27.4. The Morgan fingerprint density at radius 3 is 0.490 bits per heavy atom. The number of carboxylic acid groups (broad SMARTS) is 8. The average Bonchev–Trinajstić information content (AvgIpc) is 2.82. The van der Waals surface area contributed by atoms with Gasteiger partial charge in [-0.1, -0.05) is 0 Å². The molecule has 0 rings (SSSR count). The molecule has 0 heterocycles. The topological polar surface area (TPSA) is 444 Å². The summed E-state index contributed by atoms with van der Waals surface area (Å²) in [5, 5.41) is 98.4. The molecule has 0 aromatic carbocycles. The second-order valence-electron chi connectivity index (χ2n) is 8.44. The third-order valence-corrected chi connectivity index (χ3v) is 4.34. The quantitative estimate of drug-likeness (QED) is 0.0292. The Hall–Kier alpha value is -4.74. The number of carboxylic acids is 8. The molecule has 49 heavy (non-hydrogen) atoms. The van der Waals surface area contributed by atoms with Crippen molar-refractivity contribution < 1.29 is 89.4 Å². The van der Waals surface area contributed by atoms with E-state index in [1.165, 1.54) is 0 Å². The predicted molar refractivity (Wildman–Crippen MR) is 153 cm³/mol. The number of nitrogens with zero attached hydrogens (tertiary/aromatic N) is 6. The van der Waals surface area contributed by atoms with Gasteiger partial charge in [0.1, 0.15) is 0 Å². The van der Waals surface area contributed by atoms with E-state index in [0.717, 1.165) is 19.6 Å². The first-order chi connectivity index (χ1) is 21.9. The summed E-state index contributed by atoms with van der Waals surface area (Å²) in [6.07, 6.45) is 0. The Morgan fingerprint density at radius 1 is 0.347 bits per heavy atom. The summed E-state index contributed by atoms with van der Waals surface area (Å²) in [6, 6.07) is 0. The van der Waals surface area contributed by atoms with E-state index in [2.05, 4.69) is 0 Å². The molecular weight excluding hydrogens is 716 g/mol. The summed E-state index contributed by atoms with van der Waals surface area (Å²) in [6.45, 7) is -4.50. The van der Waals surface area contributed by atoms with Crippen molar-refractivity contribution >= 4 is 85.5 Å². The van der Waals surface area contributed by atoms with E-state index in [0.29, 0.717) is 0 Å². The first kappa shape index (κ1) is 53.7. The molecule has 276 valence electrons. The average molecular weight is 749 g/mol. The molecule has 0 radical (unpaired) electrons. The van der Waals surface area contributed by atoms with Crippen LogP contribution < -0.4 is 0 Å². The van der Waals surface area contributed by atoms with Crippen molar-refractivity contribution in [3.63, 3.8) is 0 Å². The second-order valence-corrected chi connectivity index (χ2v) is 8.44. The Bertz CT molecular complexity index is 881. The Labute approximate surface area is 302 Å². The van der Waals surface area contributed by atoms with Crippen molar-refractivity contribution in [2.75, 3.05) is 78.5 Å². The van der Waals surface area contributed by atoms with Gasteiger partial charge in [-0.2, -0.15) is 0 Å². The SMILES string of the molecule is O=C(O)CN(CCN(CC(=O)O)CC(=O)O)CC(=O)O.O=C(O)CN(CCN(CC(=O)O)CC(=O)O)CC(=O)O.O=[N+]([O-])[O-].O=[N+]([O-])[O-].[Ca+2]. The van der Waals surface area contributed by atoms with Crippen molar-refractivity contribution in [3.05, 3.63) is 30.6 Å². The van der Waals surface area contributed by atoms with Crippen molar-refractivity contribution in [1.29, 1.82) is 0 Å². The molecule has 8 N–H and O–H groups in total. The van der Waals surface area contributed by atoms with Crippen LogP contribution in [0.5, 0.6) is 0 Å². The van der Waals surface area contributed by atoms with Crippen LogP contribution in [0.3, 0.4) is 0 Å². The predicted octanol–water partition coefficient (Wildman–Crippen LogP) is -5.00. The molecule has 0 amide bonds. The molecular formula is C20H32CaN6O22. The van der Waals surface area contributed by atoms with Gasteiger partial charge in [0.25, 0.3) is 0 Å². The van der Waals surface area contributed by atoms with Crippen LogP contribution in [0.1, 0.15) is 0 Å². The fourth-order valence-electron chi connectivity index (χ4n) is 2.95. The maximum absolute atomic E-state index is 10.6. The number of carbonyl (C=O) groups is 8. The van der Waals surface area contributed by atoms with Crippen LogP contribution in [-0.4, -0.2) is 235 Å². The second kappa shape index (κ2) is 31.8. The fraction of sp³-hybridized carbons (Fsp3) is 0.600. The normalized spacial score (nSPS) is 9.71. The van der Waals surface area contributed by atoms with Crippen molar-refractivity contribution in [3.8, 4) is 0 Å². The van der Waals surface area contributed by atoms with E-state index in [1.807, 2.05) is 0 Å². The zero-order chi connectivity index (χ0) is 38.6. The van der Waals surface area contributed by atoms with E-state index >= 15 is 0 Å². The smallest absolute Gasteiger partial charge is 0.480 e. The van der Waals surface area contributed by atoms with E-state index in [1.54, 1.807) is 0 Å². The summed E-state index contributed by atoms with van der Waals surface area (Å²) in [4.78, 5) is 105. The van der Waals surface area contributed by atoms with Crippen LogP contribution in [0.15, 0.2) is 0 Å². The number of hydrogen-bond acceptors (Lipinski definition) is 18. The molecule has 0 aromatic heterocycles. The summed E-state index contributed by atoms with van der Waals surface area (Å²) in [7, 11) is 0. The van der Waals surface area contributed by atoms with Crippen molar-refractivity contribution in [1.82, 2.24) is 19.6 Å². The maximum atomic E-state index is 10.6. The van der Waals surface area contributed by atoms with Crippen LogP contribution in [0, 0.1) is 30.6 Å². The van der Waals surface area contributed by atoms with Gasteiger partial charge >= 0.3 is 85.5 Å². The Morgan fingerprint density at radius 2 is 0.429 bits per heavy atom. The molecule has 0 saturated carbocycles. The molecule has 0 unspecified atom stereocenters. The van der Waals surface area contributed by atoms with Gasteiger partial charge in [0.15, 0.2) is 0 Å². The van der Waals surface area contributed by atoms with E-state index in [-0.39, 0.29) is 63.9 Å². The van der Waals surface area contributed by atoms with Crippen LogP contribution in [0.4, 0.5) is 0 Å². The summed E-state index contributed by atoms with van der Waals surface area (Å²) < 4.78 is 0.